The molecule has 0 spiro atoms. The molecule has 0 amide bonds. The van der Waals surface area contributed by atoms with Gasteiger partial charge in [-0.3, -0.25) is 0 Å². The maximum atomic E-state index is 9.81. The molecule has 0 atom stereocenters. The fraction of sp³-hybridized carbons (Fsp3) is 0.0625. The fourth-order valence-corrected chi connectivity index (χ4v) is 1.98. The summed E-state index contributed by atoms with van der Waals surface area (Å²) in [7, 11) is 0. The number of halogens is 1. The number of hydrogen-bond acceptors (Lipinski definition) is 5. The quantitative estimate of drug-likeness (QED) is 0.737. The highest BCUT2D eigenvalue weighted by molar-refractivity contribution is 6.30. The zero-order chi connectivity index (χ0) is 15.5. The van der Waals surface area contributed by atoms with E-state index in [4.69, 9.17) is 16.0 Å². The molecule has 0 bridgehead atoms. The molecule has 5 nitrogen and oxygen atoms in total. The molecular weight excluding hydrogens is 302 g/mol. The first kappa shape index (κ1) is 14.3. The van der Waals surface area contributed by atoms with Crippen molar-refractivity contribution >= 4 is 23.6 Å². The normalized spacial score (nSPS) is 11.2. The van der Waals surface area contributed by atoms with Gasteiger partial charge in [-0.1, -0.05) is 17.7 Å². The summed E-state index contributed by atoms with van der Waals surface area (Å²) in [5.74, 6) is 0.546. The van der Waals surface area contributed by atoms with Crippen molar-refractivity contribution in [3.05, 3.63) is 58.9 Å². The van der Waals surface area contributed by atoms with Crippen LogP contribution in [0.2, 0.25) is 5.02 Å². The lowest BCUT2D eigenvalue weighted by Crippen LogP contribution is -1.84. The second-order valence-corrected chi connectivity index (χ2v) is 5.05. The van der Waals surface area contributed by atoms with Gasteiger partial charge in [0.05, 0.1) is 6.21 Å². The van der Waals surface area contributed by atoms with Gasteiger partial charge in [-0.2, -0.15) is 0 Å². The summed E-state index contributed by atoms with van der Waals surface area (Å²) in [6.07, 6.45) is 1.42. The molecular formula is C16H12ClN3O2. The maximum Gasteiger partial charge on any atom is 0.312 e. The first-order valence-corrected chi connectivity index (χ1v) is 6.93. The van der Waals surface area contributed by atoms with Crippen LogP contribution in [0.3, 0.4) is 0 Å². The topological polar surface area (TPSA) is 71.5 Å². The number of benzene rings is 1. The van der Waals surface area contributed by atoms with E-state index < -0.39 is 0 Å². The minimum atomic E-state index is -0.290. The van der Waals surface area contributed by atoms with Crippen molar-refractivity contribution in [3.8, 4) is 17.4 Å². The van der Waals surface area contributed by atoms with Gasteiger partial charge in [-0.05, 0) is 43.3 Å². The summed E-state index contributed by atoms with van der Waals surface area (Å²) >= 11 is 5.84. The zero-order valence-electron chi connectivity index (χ0n) is 11.7. The molecule has 6 heteroatoms. The van der Waals surface area contributed by atoms with Crippen molar-refractivity contribution in [2.24, 2.45) is 4.99 Å². The molecule has 110 valence electrons. The maximum absolute atomic E-state index is 9.81. The van der Waals surface area contributed by atoms with Crippen molar-refractivity contribution in [1.82, 2.24) is 9.97 Å². The van der Waals surface area contributed by atoms with Crippen molar-refractivity contribution in [2.45, 2.75) is 6.92 Å². The third-order valence-corrected chi connectivity index (χ3v) is 3.17. The number of aromatic hydroxyl groups is 1. The SMILES string of the molecule is Cc1cccc(N=Cc2nc(-c3ccc(Cl)cc3)oc2O)n1. The van der Waals surface area contributed by atoms with Gasteiger partial charge in [0, 0.05) is 16.3 Å². The van der Waals surface area contributed by atoms with E-state index in [0.29, 0.717) is 22.3 Å². The third-order valence-electron chi connectivity index (χ3n) is 2.92. The van der Waals surface area contributed by atoms with Crippen LogP contribution < -0.4 is 0 Å². The van der Waals surface area contributed by atoms with Crippen LogP contribution in [-0.4, -0.2) is 21.3 Å². The van der Waals surface area contributed by atoms with Crippen LogP contribution in [0.4, 0.5) is 5.82 Å². The van der Waals surface area contributed by atoms with Crippen LogP contribution in [0.15, 0.2) is 51.9 Å². The standard InChI is InChI=1S/C16H12ClN3O2/c1-10-3-2-4-14(19-10)18-9-13-16(21)22-15(20-13)11-5-7-12(17)8-6-11/h2-9,21H,1H3. The molecule has 0 fully saturated rings. The summed E-state index contributed by atoms with van der Waals surface area (Å²) in [5, 5.41) is 10.4. The summed E-state index contributed by atoms with van der Waals surface area (Å²) in [6.45, 7) is 1.88. The van der Waals surface area contributed by atoms with Gasteiger partial charge < -0.3 is 9.52 Å². The van der Waals surface area contributed by atoms with E-state index in [1.807, 2.05) is 19.1 Å². The average molecular weight is 314 g/mol. The van der Waals surface area contributed by atoms with Gasteiger partial charge in [0.2, 0.25) is 5.89 Å². The number of hydrogen-bond donors (Lipinski definition) is 1. The van der Waals surface area contributed by atoms with E-state index in [0.717, 1.165) is 5.69 Å². The number of oxazole rings is 1. The highest BCUT2D eigenvalue weighted by atomic mass is 35.5. The predicted octanol–water partition coefficient (Wildman–Crippen LogP) is 4.15. The summed E-state index contributed by atoms with van der Waals surface area (Å²) in [4.78, 5) is 12.6. The Balaban J connectivity index is 1.88. The molecule has 1 aromatic carbocycles. The molecule has 0 saturated carbocycles. The Morgan fingerprint density at radius 3 is 2.64 bits per heavy atom. The molecule has 3 rings (SSSR count). The van der Waals surface area contributed by atoms with Gasteiger partial charge in [-0.25, -0.2) is 15.0 Å². The van der Waals surface area contributed by atoms with Crippen LogP contribution >= 0.6 is 11.6 Å². The molecule has 3 aromatic rings. The Bertz CT molecular complexity index is 826. The largest absolute Gasteiger partial charge is 0.479 e. The van der Waals surface area contributed by atoms with E-state index in [1.54, 1.807) is 30.3 Å². The zero-order valence-corrected chi connectivity index (χ0v) is 12.4. The lowest BCUT2D eigenvalue weighted by molar-refractivity contribution is 0.337. The smallest absolute Gasteiger partial charge is 0.312 e. The van der Waals surface area contributed by atoms with Gasteiger partial charge in [0.25, 0.3) is 0 Å². The van der Waals surface area contributed by atoms with E-state index >= 15 is 0 Å². The molecule has 0 aliphatic heterocycles. The minimum absolute atomic E-state index is 0.244. The molecule has 0 aliphatic rings. The summed E-state index contributed by atoms with van der Waals surface area (Å²) in [6, 6.07) is 12.5. The Labute approximate surface area is 132 Å². The Morgan fingerprint density at radius 2 is 1.91 bits per heavy atom. The predicted molar refractivity (Wildman–Crippen MR) is 84.8 cm³/mol. The second-order valence-electron chi connectivity index (χ2n) is 4.61. The lowest BCUT2D eigenvalue weighted by Gasteiger charge is -1.94. The minimum Gasteiger partial charge on any atom is -0.479 e. The van der Waals surface area contributed by atoms with Crippen LogP contribution in [0.25, 0.3) is 11.5 Å². The number of aromatic nitrogens is 2. The van der Waals surface area contributed by atoms with Crippen LogP contribution in [-0.2, 0) is 0 Å². The monoisotopic (exact) mass is 313 g/mol. The van der Waals surface area contributed by atoms with Gasteiger partial charge in [-0.15, -0.1) is 0 Å². The molecule has 0 saturated heterocycles. The van der Waals surface area contributed by atoms with Gasteiger partial charge in [0.15, 0.2) is 11.5 Å². The van der Waals surface area contributed by atoms with Crippen LogP contribution in [0.1, 0.15) is 11.4 Å². The molecule has 2 heterocycles. The number of nitrogens with zero attached hydrogens (tertiary/aromatic N) is 3. The molecule has 1 N–H and O–H groups in total. The molecule has 0 unspecified atom stereocenters. The molecule has 2 aromatic heterocycles. The number of rotatable bonds is 3. The van der Waals surface area contributed by atoms with Gasteiger partial charge >= 0.3 is 5.95 Å². The lowest BCUT2D eigenvalue weighted by atomic mass is 10.2. The van der Waals surface area contributed by atoms with Crippen molar-refractivity contribution in [2.75, 3.05) is 0 Å². The first-order valence-electron chi connectivity index (χ1n) is 6.55. The van der Waals surface area contributed by atoms with Gasteiger partial charge in [0.1, 0.15) is 0 Å². The summed E-state index contributed by atoms with van der Waals surface area (Å²) in [5.41, 5.74) is 1.82. The van der Waals surface area contributed by atoms with E-state index in [2.05, 4.69) is 15.0 Å². The number of aryl methyl sites for hydroxylation is 1. The van der Waals surface area contributed by atoms with E-state index in [9.17, 15) is 5.11 Å². The summed E-state index contributed by atoms with van der Waals surface area (Å²) < 4.78 is 5.24. The van der Waals surface area contributed by atoms with Crippen LogP contribution in [0, 0.1) is 6.92 Å². The molecule has 0 radical (unpaired) electrons. The number of pyridine rings is 1. The Kier molecular flexibility index (Phi) is 3.89. The van der Waals surface area contributed by atoms with Crippen LogP contribution in [0.5, 0.6) is 5.95 Å². The van der Waals surface area contributed by atoms with Crippen molar-refractivity contribution in [1.29, 1.82) is 0 Å². The highest BCUT2D eigenvalue weighted by Gasteiger charge is 2.12. The molecule has 0 aliphatic carbocycles. The third kappa shape index (κ3) is 3.15. The Hall–Kier alpha value is -2.66. The number of aliphatic imine (C=N–C) groups is 1. The van der Waals surface area contributed by atoms with Crippen molar-refractivity contribution < 1.29 is 9.52 Å². The fourth-order valence-electron chi connectivity index (χ4n) is 1.85. The highest BCUT2D eigenvalue weighted by Crippen LogP contribution is 2.26. The van der Waals surface area contributed by atoms with Crippen molar-refractivity contribution in [3.63, 3.8) is 0 Å². The Morgan fingerprint density at radius 1 is 1.14 bits per heavy atom. The second kappa shape index (κ2) is 5.99. The van der Waals surface area contributed by atoms with E-state index in [-0.39, 0.29) is 11.6 Å². The first-order chi connectivity index (χ1) is 10.6. The molecule has 22 heavy (non-hydrogen) atoms. The van der Waals surface area contributed by atoms with E-state index in [1.165, 1.54) is 6.21 Å². The average Bonchev–Trinajstić information content (AvgIpc) is 2.87.